The number of aromatic nitrogens is 5. The first-order valence-corrected chi connectivity index (χ1v) is 8.98. The highest BCUT2D eigenvalue weighted by Gasteiger charge is 2.34. The summed E-state index contributed by atoms with van der Waals surface area (Å²) in [7, 11) is 1.85. The highest BCUT2D eigenvalue weighted by Crippen LogP contribution is 2.32. The van der Waals surface area contributed by atoms with E-state index in [1.807, 2.05) is 55.4 Å². The summed E-state index contributed by atoms with van der Waals surface area (Å²) >= 11 is 0. The monoisotopic (exact) mass is 350 g/mol. The molecular formula is C19H22N6O. The van der Waals surface area contributed by atoms with Gasteiger partial charge in [-0.25, -0.2) is 4.98 Å². The Morgan fingerprint density at radius 2 is 2.12 bits per heavy atom. The van der Waals surface area contributed by atoms with Crippen LogP contribution in [0, 0.1) is 0 Å². The molecule has 134 valence electrons. The molecule has 0 aliphatic carbocycles. The van der Waals surface area contributed by atoms with Crippen LogP contribution in [-0.2, 0) is 13.5 Å². The smallest absolute Gasteiger partial charge is 0.257 e. The molecular weight excluding hydrogens is 328 g/mol. The normalized spacial score (nSPS) is 17.0. The minimum atomic E-state index is -0.0719. The Hall–Kier alpha value is -2.96. The van der Waals surface area contributed by atoms with Gasteiger partial charge in [-0.3, -0.25) is 14.6 Å². The lowest BCUT2D eigenvalue weighted by Gasteiger charge is -2.22. The molecule has 7 heteroatoms. The SMILES string of the molecule is CCc1nn(C)cc1C(=O)N1CCCC1c1nc(-c2ccccc2)n[nH]1. The summed E-state index contributed by atoms with van der Waals surface area (Å²) in [5.41, 5.74) is 2.49. The highest BCUT2D eigenvalue weighted by atomic mass is 16.2. The van der Waals surface area contributed by atoms with E-state index in [1.54, 1.807) is 4.68 Å². The molecule has 0 bridgehead atoms. The van der Waals surface area contributed by atoms with Crippen molar-refractivity contribution in [3.8, 4) is 11.4 Å². The fourth-order valence-electron chi connectivity index (χ4n) is 3.56. The summed E-state index contributed by atoms with van der Waals surface area (Å²) < 4.78 is 1.71. The van der Waals surface area contributed by atoms with Gasteiger partial charge in [-0.05, 0) is 19.3 Å². The number of carbonyl (C=O) groups excluding carboxylic acids is 1. The zero-order valence-corrected chi connectivity index (χ0v) is 15.0. The quantitative estimate of drug-likeness (QED) is 0.785. The molecule has 1 unspecified atom stereocenters. The summed E-state index contributed by atoms with van der Waals surface area (Å²) in [5, 5.41) is 11.8. The van der Waals surface area contributed by atoms with Crippen molar-refractivity contribution in [3.63, 3.8) is 0 Å². The van der Waals surface area contributed by atoms with E-state index in [2.05, 4.69) is 20.3 Å². The predicted octanol–water partition coefficient (Wildman–Crippen LogP) is 2.74. The number of nitrogens with one attached hydrogen (secondary N) is 1. The summed E-state index contributed by atoms with van der Waals surface area (Å²) in [6.07, 6.45) is 4.39. The van der Waals surface area contributed by atoms with Gasteiger partial charge in [0.2, 0.25) is 0 Å². The topological polar surface area (TPSA) is 79.7 Å². The van der Waals surface area contributed by atoms with Gasteiger partial charge >= 0.3 is 0 Å². The van der Waals surface area contributed by atoms with Crippen LogP contribution in [0.5, 0.6) is 0 Å². The predicted molar refractivity (Wildman–Crippen MR) is 97.4 cm³/mol. The summed E-state index contributed by atoms with van der Waals surface area (Å²) in [6, 6.07) is 9.78. The molecule has 1 amide bonds. The molecule has 0 spiro atoms. The van der Waals surface area contributed by atoms with Crippen LogP contribution in [0.15, 0.2) is 36.5 Å². The first-order chi connectivity index (χ1) is 12.7. The minimum Gasteiger partial charge on any atom is -0.328 e. The van der Waals surface area contributed by atoms with Crippen molar-refractivity contribution in [3.05, 3.63) is 53.6 Å². The first-order valence-electron chi connectivity index (χ1n) is 8.98. The van der Waals surface area contributed by atoms with E-state index in [9.17, 15) is 4.79 Å². The summed E-state index contributed by atoms with van der Waals surface area (Å²) in [4.78, 5) is 19.7. The Labute approximate surface area is 152 Å². The van der Waals surface area contributed by atoms with Crippen LogP contribution in [0.25, 0.3) is 11.4 Å². The average molecular weight is 350 g/mol. The maximum atomic E-state index is 13.1. The van der Waals surface area contributed by atoms with Gasteiger partial charge < -0.3 is 4.90 Å². The number of amides is 1. The molecule has 1 saturated heterocycles. The van der Waals surface area contributed by atoms with Crippen molar-refractivity contribution in [1.82, 2.24) is 29.9 Å². The standard InChI is InChI=1S/C19H22N6O/c1-3-15-14(12-24(2)23-15)19(26)25-11-7-10-16(25)18-20-17(21-22-18)13-8-5-4-6-9-13/h4-6,8-9,12,16H,3,7,10-11H2,1-2H3,(H,20,21,22). The number of rotatable bonds is 4. The lowest BCUT2D eigenvalue weighted by Crippen LogP contribution is -2.31. The molecule has 1 aromatic carbocycles. The van der Waals surface area contributed by atoms with Crippen LogP contribution in [-0.4, -0.2) is 42.3 Å². The molecule has 0 radical (unpaired) electrons. The number of hydrogen-bond acceptors (Lipinski definition) is 4. The zero-order valence-electron chi connectivity index (χ0n) is 15.0. The van der Waals surface area contributed by atoms with E-state index >= 15 is 0 Å². The second kappa shape index (κ2) is 6.74. The molecule has 2 aromatic heterocycles. The van der Waals surface area contributed by atoms with Crippen molar-refractivity contribution in [2.45, 2.75) is 32.2 Å². The summed E-state index contributed by atoms with van der Waals surface area (Å²) in [6.45, 7) is 2.74. The number of likely N-dealkylation sites (tertiary alicyclic amines) is 1. The molecule has 4 rings (SSSR count). The molecule has 7 nitrogen and oxygen atoms in total. The van der Waals surface area contributed by atoms with Gasteiger partial charge in [0.25, 0.3) is 5.91 Å². The van der Waals surface area contributed by atoms with Crippen molar-refractivity contribution in [2.75, 3.05) is 6.54 Å². The van der Waals surface area contributed by atoms with Gasteiger partial charge in [0.15, 0.2) is 5.82 Å². The third-order valence-corrected chi connectivity index (χ3v) is 4.83. The Kier molecular flexibility index (Phi) is 4.28. The Morgan fingerprint density at radius 1 is 1.31 bits per heavy atom. The van der Waals surface area contributed by atoms with Gasteiger partial charge in [-0.1, -0.05) is 37.3 Å². The number of hydrogen-bond donors (Lipinski definition) is 1. The number of H-pyrrole nitrogens is 1. The van der Waals surface area contributed by atoms with E-state index in [-0.39, 0.29) is 11.9 Å². The Bertz CT molecular complexity index is 913. The largest absolute Gasteiger partial charge is 0.328 e. The third-order valence-electron chi connectivity index (χ3n) is 4.83. The minimum absolute atomic E-state index is 0.0233. The second-order valence-corrected chi connectivity index (χ2v) is 6.58. The van der Waals surface area contributed by atoms with Crippen LogP contribution >= 0.6 is 0 Å². The Morgan fingerprint density at radius 3 is 2.88 bits per heavy atom. The highest BCUT2D eigenvalue weighted by molar-refractivity contribution is 5.95. The van der Waals surface area contributed by atoms with E-state index < -0.39 is 0 Å². The number of nitrogens with zero attached hydrogens (tertiary/aromatic N) is 5. The number of aryl methyl sites for hydroxylation is 2. The van der Waals surface area contributed by atoms with E-state index in [0.717, 1.165) is 42.9 Å². The lowest BCUT2D eigenvalue weighted by atomic mass is 10.1. The van der Waals surface area contributed by atoms with Crippen molar-refractivity contribution >= 4 is 5.91 Å². The third kappa shape index (κ3) is 2.89. The van der Waals surface area contributed by atoms with E-state index in [4.69, 9.17) is 0 Å². The number of benzene rings is 1. The lowest BCUT2D eigenvalue weighted by molar-refractivity contribution is 0.0729. The van der Waals surface area contributed by atoms with Gasteiger partial charge in [-0.2, -0.15) is 10.2 Å². The molecule has 26 heavy (non-hydrogen) atoms. The fourth-order valence-corrected chi connectivity index (χ4v) is 3.56. The molecule has 3 aromatic rings. The Balaban J connectivity index is 1.61. The van der Waals surface area contributed by atoms with E-state index in [0.29, 0.717) is 11.4 Å². The number of carbonyl (C=O) groups is 1. The maximum absolute atomic E-state index is 13.1. The van der Waals surface area contributed by atoms with Gasteiger partial charge in [-0.15, -0.1) is 0 Å². The zero-order chi connectivity index (χ0) is 18.1. The average Bonchev–Trinajstić information content (AvgIpc) is 3.40. The molecule has 1 atom stereocenters. The van der Waals surface area contributed by atoms with Crippen LogP contribution in [0.4, 0.5) is 0 Å². The van der Waals surface area contributed by atoms with Gasteiger partial charge in [0.1, 0.15) is 5.82 Å². The molecule has 1 aliphatic heterocycles. The molecule has 1 N–H and O–H groups in total. The van der Waals surface area contributed by atoms with Crippen LogP contribution in [0.3, 0.4) is 0 Å². The fraction of sp³-hybridized carbons (Fsp3) is 0.368. The van der Waals surface area contributed by atoms with Crippen LogP contribution in [0.1, 0.15) is 47.7 Å². The molecule has 0 saturated carbocycles. The van der Waals surface area contributed by atoms with Gasteiger partial charge in [0.05, 0.1) is 17.3 Å². The van der Waals surface area contributed by atoms with Crippen LogP contribution < -0.4 is 0 Å². The van der Waals surface area contributed by atoms with Crippen molar-refractivity contribution in [1.29, 1.82) is 0 Å². The van der Waals surface area contributed by atoms with E-state index in [1.165, 1.54) is 0 Å². The summed E-state index contributed by atoms with van der Waals surface area (Å²) in [5.74, 6) is 1.43. The molecule has 1 aliphatic rings. The van der Waals surface area contributed by atoms with Crippen molar-refractivity contribution in [2.24, 2.45) is 7.05 Å². The van der Waals surface area contributed by atoms with Crippen molar-refractivity contribution < 1.29 is 4.79 Å². The second-order valence-electron chi connectivity index (χ2n) is 6.58. The number of aromatic amines is 1. The molecule has 1 fully saturated rings. The van der Waals surface area contributed by atoms with Gasteiger partial charge in [0, 0.05) is 25.4 Å². The molecule has 3 heterocycles. The van der Waals surface area contributed by atoms with Crippen LogP contribution in [0.2, 0.25) is 0 Å². The maximum Gasteiger partial charge on any atom is 0.257 e. The first kappa shape index (κ1) is 16.5.